The van der Waals surface area contributed by atoms with Crippen molar-refractivity contribution in [1.82, 2.24) is 19.6 Å². The quantitative estimate of drug-likeness (QED) is 0.798. The number of likely N-dealkylation sites (tertiary alicyclic amines) is 2. The smallest absolute Gasteiger partial charge is 0.272 e. The van der Waals surface area contributed by atoms with Gasteiger partial charge in [0.25, 0.3) is 5.91 Å². The van der Waals surface area contributed by atoms with Crippen LogP contribution < -0.4 is 0 Å². The van der Waals surface area contributed by atoms with Gasteiger partial charge < -0.3 is 9.80 Å². The number of carbonyl (C=O) groups excluding carboxylic acids is 2. The number of nitrogens with zero attached hydrogens (tertiary/aromatic N) is 4. The van der Waals surface area contributed by atoms with E-state index < -0.39 is 0 Å². The summed E-state index contributed by atoms with van der Waals surface area (Å²) >= 11 is 0. The molecule has 2 aliphatic heterocycles. The van der Waals surface area contributed by atoms with E-state index in [4.69, 9.17) is 0 Å². The average Bonchev–Trinajstić information content (AvgIpc) is 3.21. The zero-order valence-electron chi connectivity index (χ0n) is 16.9. The summed E-state index contributed by atoms with van der Waals surface area (Å²) < 4.78 is 1.70. The van der Waals surface area contributed by atoms with E-state index in [1.165, 1.54) is 12.8 Å². The van der Waals surface area contributed by atoms with Crippen molar-refractivity contribution in [3.8, 4) is 0 Å². The van der Waals surface area contributed by atoms with E-state index in [2.05, 4.69) is 23.8 Å². The van der Waals surface area contributed by atoms with Crippen LogP contribution in [-0.2, 0) is 18.3 Å². The predicted octanol–water partition coefficient (Wildman–Crippen LogP) is 2.48. The zero-order valence-corrected chi connectivity index (χ0v) is 16.9. The van der Waals surface area contributed by atoms with Crippen LogP contribution in [-0.4, -0.2) is 57.6 Å². The molecule has 0 N–H and O–H groups in total. The highest BCUT2D eigenvalue weighted by Gasteiger charge is 2.50. The Hall–Kier alpha value is -1.85. The number of rotatable bonds is 5. The molecule has 2 amide bonds. The number of amides is 2. The Bertz CT molecular complexity index is 737. The standard InChI is InChI=1S/C21H32N4O2/c1-15(2)11-17-12-18(23(3)22-17)19(26)25-10-8-21(14-25)7-4-9-24(20(21)27)13-16-5-6-16/h12,15-16H,4-11,13-14H2,1-3H3/t21-/m0/s1. The van der Waals surface area contributed by atoms with Crippen LogP contribution in [0.3, 0.4) is 0 Å². The highest BCUT2D eigenvalue weighted by atomic mass is 16.2. The minimum atomic E-state index is -0.345. The summed E-state index contributed by atoms with van der Waals surface area (Å²) in [5.41, 5.74) is 1.26. The number of hydrogen-bond acceptors (Lipinski definition) is 3. The second kappa shape index (κ2) is 6.95. The topological polar surface area (TPSA) is 58.4 Å². The van der Waals surface area contributed by atoms with Gasteiger partial charge in [-0.25, -0.2) is 0 Å². The van der Waals surface area contributed by atoms with Crippen molar-refractivity contribution in [3.05, 3.63) is 17.5 Å². The Morgan fingerprint density at radius 2 is 2.07 bits per heavy atom. The first-order chi connectivity index (χ1) is 12.9. The summed E-state index contributed by atoms with van der Waals surface area (Å²) in [7, 11) is 1.84. The molecule has 1 spiro atoms. The second-order valence-corrected chi connectivity index (χ2v) is 9.30. The molecule has 3 aliphatic rings. The first-order valence-corrected chi connectivity index (χ1v) is 10.5. The summed E-state index contributed by atoms with van der Waals surface area (Å²) in [4.78, 5) is 30.3. The van der Waals surface area contributed by atoms with Crippen molar-refractivity contribution < 1.29 is 9.59 Å². The first-order valence-electron chi connectivity index (χ1n) is 10.5. The lowest BCUT2D eigenvalue weighted by Gasteiger charge is -2.39. The molecule has 4 rings (SSSR count). The first kappa shape index (κ1) is 18.5. The summed E-state index contributed by atoms with van der Waals surface area (Å²) in [5, 5.41) is 4.51. The number of carbonyl (C=O) groups is 2. The Morgan fingerprint density at radius 3 is 2.78 bits per heavy atom. The summed E-state index contributed by atoms with van der Waals surface area (Å²) in [6.07, 6.45) is 6.18. The van der Waals surface area contributed by atoms with E-state index in [1.807, 2.05) is 18.0 Å². The summed E-state index contributed by atoms with van der Waals surface area (Å²) in [5.74, 6) is 1.54. The predicted molar refractivity (Wildman–Crippen MR) is 103 cm³/mol. The van der Waals surface area contributed by atoms with Gasteiger partial charge in [0.1, 0.15) is 5.69 Å². The van der Waals surface area contributed by atoms with Crippen molar-refractivity contribution in [2.45, 2.75) is 52.4 Å². The second-order valence-electron chi connectivity index (χ2n) is 9.30. The highest BCUT2D eigenvalue weighted by Crippen LogP contribution is 2.42. The molecule has 6 heteroatoms. The van der Waals surface area contributed by atoms with Crippen LogP contribution in [0.5, 0.6) is 0 Å². The molecular formula is C21H32N4O2. The monoisotopic (exact) mass is 372 g/mol. The van der Waals surface area contributed by atoms with E-state index in [-0.39, 0.29) is 11.3 Å². The van der Waals surface area contributed by atoms with E-state index in [9.17, 15) is 9.59 Å². The molecule has 0 unspecified atom stereocenters. The fourth-order valence-corrected chi connectivity index (χ4v) is 4.77. The summed E-state index contributed by atoms with van der Waals surface area (Å²) in [6, 6.07) is 1.93. The molecule has 1 atom stereocenters. The van der Waals surface area contributed by atoms with Crippen LogP contribution in [0.4, 0.5) is 0 Å². The van der Waals surface area contributed by atoms with Gasteiger partial charge in [0.2, 0.25) is 5.91 Å². The van der Waals surface area contributed by atoms with E-state index in [1.54, 1.807) is 4.68 Å². The Kier molecular flexibility index (Phi) is 4.77. The van der Waals surface area contributed by atoms with Crippen molar-refractivity contribution in [1.29, 1.82) is 0 Å². The maximum atomic E-state index is 13.2. The molecule has 2 saturated heterocycles. The lowest BCUT2D eigenvalue weighted by atomic mass is 9.78. The molecule has 0 aromatic carbocycles. The molecule has 1 aromatic rings. The molecule has 1 saturated carbocycles. The Labute approximate surface area is 161 Å². The molecule has 6 nitrogen and oxygen atoms in total. The van der Waals surface area contributed by atoms with Crippen LogP contribution in [0.1, 0.15) is 62.1 Å². The van der Waals surface area contributed by atoms with Gasteiger partial charge in [-0.15, -0.1) is 0 Å². The molecule has 1 aliphatic carbocycles. The van der Waals surface area contributed by atoms with E-state index >= 15 is 0 Å². The lowest BCUT2D eigenvalue weighted by molar-refractivity contribution is -0.145. The number of aromatic nitrogens is 2. The van der Waals surface area contributed by atoms with Gasteiger partial charge in [-0.05, 0) is 56.4 Å². The third kappa shape index (κ3) is 3.63. The number of piperidine rings is 1. The zero-order chi connectivity index (χ0) is 19.2. The number of hydrogen-bond donors (Lipinski definition) is 0. The van der Waals surface area contributed by atoms with Gasteiger partial charge in [0, 0.05) is 33.2 Å². The van der Waals surface area contributed by atoms with Gasteiger partial charge in [0.05, 0.1) is 11.1 Å². The van der Waals surface area contributed by atoms with Gasteiger partial charge in [-0.2, -0.15) is 5.10 Å². The lowest BCUT2D eigenvalue weighted by Crippen LogP contribution is -2.51. The molecule has 1 aromatic heterocycles. The Morgan fingerprint density at radius 1 is 1.30 bits per heavy atom. The van der Waals surface area contributed by atoms with E-state index in [0.717, 1.165) is 50.4 Å². The third-order valence-corrected chi connectivity index (χ3v) is 6.41. The van der Waals surface area contributed by atoms with Gasteiger partial charge in [-0.1, -0.05) is 13.8 Å². The normalized spacial score (nSPS) is 25.9. The largest absolute Gasteiger partial charge is 0.342 e. The third-order valence-electron chi connectivity index (χ3n) is 6.41. The average molecular weight is 373 g/mol. The summed E-state index contributed by atoms with van der Waals surface area (Å²) in [6.45, 7) is 7.37. The maximum absolute atomic E-state index is 13.2. The van der Waals surface area contributed by atoms with Crippen LogP contribution in [0.15, 0.2) is 6.07 Å². The van der Waals surface area contributed by atoms with E-state index in [0.29, 0.717) is 30.6 Å². The highest BCUT2D eigenvalue weighted by molar-refractivity contribution is 5.94. The molecule has 27 heavy (non-hydrogen) atoms. The van der Waals surface area contributed by atoms with Crippen molar-refractivity contribution in [2.75, 3.05) is 26.2 Å². The minimum absolute atomic E-state index is 0.0176. The van der Waals surface area contributed by atoms with Gasteiger partial charge in [-0.3, -0.25) is 14.3 Å². The van der Waals surface area contributed by atoms with Crippen LogP contribution in [0, 0.1) is 17.3 Å². The molecule has 3 fully saturated rings. The van der Waals surface area contributed by atoms with Crippen LogP contribution in [0.2, 0.25) is 0 Å². The maximum Gasteiger partial charge on any atom is 0.272 e. The van der Waals surface area contributed by atoms with Gasteiger partial charge >= 0.3 is 0 Å². The number of aryl methyl sites for hydroxylation is 1. The minimum Gasteiger partial charge on any atom is -0.342 e. The van der Waals surface area contributed by atoms with Crippen molar-refractivity contribution in [2.24, 2.45) is 24.3 Å². The molecule has 0 bridgehead atoms. The van der Waals surface area contributed by atoms with Crippen LogP contribution in [0.25, 0.3) is 0 Å². The SMILES string of the molecule is CC(C)Cc1cc(C(=O)N2CC[C@@]3(CCCN(CC4CC4)C3=O)C2)n(C)n1. The fraction of sp³-hybridized carbons (Fsp3) is 0.762. The molecule has 148 valence electrons. The molecule has 3 heterocycles. The molecular weight excluding hydrogens is 340 g/mol. The molecule has 0 radical (unpaired) electrons. The van der Waals surface area contributed by atoms with Crippen molar-refractivity contribution in [3.63, 3.8) is 0 Å². The fourth-order valence-electron chi connectivity index (χ4n) is 4.77. The van der Waals surface area contributed by atoms with Gasteiger partial charge in [0.15, 0.2) is 0 Å². The Balaban J connectivity index is 1.46. The van der Waals surface area contributed by atoms with Crippen molar-refractivity contribution >= 4 is 11.8 Å². The van der Waals surface area contributed by atoms with Crippen LogP contribution >= 0.6 is 0 Å².